The van der Waals surface area contributed by atoms with Gasteiger partial charge in [-0.15, -0.1) is 11.3 Å². The Bertz CT molecular complexity index is 629. The van der Waals surface area contributed by atoms with Crippen LogP contribution >= 0.6 is 11.3 Å². The van der Waals surface area contributed by atoms with Crippen molar-refractivity contribution in [2.75, 3.05) is 11.1 Å². The zero-order valence-corrected chi connectivity index (χ0v) is 12.3. The van der Waals surface area contributed by atoms with Gasteiger partial charge in [0.05, 0.1) is 15.6 Å². The quantitative estimate of drug-likeness (QED) is 0.816. The molecule has 2 aromatic rings. The van der Waals surface area contributed by atoms with E-state index in [-0.39, 0.29) is 5.78 Å². The molecule has 1 fully saturated rings. The fourth-order valence-electron chi connectivity index (χ4n) is 2.40. The number of thiophene rings is 1. The molecule has 1 aliphatic rings. The van der Waals surface area contributed by atoms with Gasteiger partial charge in [-0.25, -0.2) is 0 Å². The summed E-state index contributed by atoms with van der Waals surface area (Å²) in [6.45, 7) is 2.34. The normalized spacial score (nSPS) is 14.2. The van der Waals surface area contributed by atoms with E-state index in [0.29, 0.717) is 16.5 Å². The fraction of sp³-hybridized carbons (Fsp3) is 0.312. The molecule has 0 spiro atoms. The minimum atomic E-state index is 0.0576. The van der Waals surface area contributed by atoms with Crippen molar-refractivity contribution >= 4 is 27.8 Å². The maximum atomic E-state index is 11.7. The summed E-state index contributed by atoms with van der Waals surface area (Å²) in [5.41, 5.74) is 9.25. The summed E-state index contributed by atoms with van der Waals surface area (Å²) >= 11 is 1.50. The molecule has 1 aromatic heterocycles. The lowest BCUT2D eigenvalue weighted by Crippen LogP contribution is -2.00. The number of hydrogen-bond acceptors (Lipinski definition) is 4. The van der Waals surface area contributed by atoms with Crippen LogP contribution in [0, 0.1) is 0 Å². The van der Waals surface area contributed by atoms with E-state index in [1.54, 1.807) is 6.92 Å². The lowest BCUT2D eigenvalue weighted by atomic mass is 10.1. The van der Waals surface area contributed by atoms with E-state index in [0.717, 1.165) is 17.1 Å². The number of nitrogens with one attached hydrogen (secondary N) is 1. The molecule has 1 aromatic carbocycles. The molecule has 20 heavy (non-hydrogen) atoms. The third-order valence-electron chi connectivity index (χ3n) is 3.58. The molecule has 3 nitrogen and oxygen atoms in total. The number of carbonyl (C=O) groups excluding carboxylic acids is 1. The second-order valence-corrected chi connectivity index (χ2v) is 6.28. The molecule has 0 aliphatic heterocycles. The van der Waals surface area contributed by atoms with Crippen LogP contribution in [0.1, 0.15) is 46.5 Å². The molecule has 0 saturated heterocycles. The van der Waals surface area contributed by atoms with Crippen molar-refractivity contribution in [3.8, 4) is 0 Å². The third-order valence-corrected chi connectivity index (χ3v) is 4.86. The van der Waals surface area contributed by atoms with Gasteiger partial charge in [-0.2, -0.15) is 0 Å². The number of nitrogens with two attached hydrogens (primary N) is 1. The molecular formula is C16H18N2OS. The zero-order valence-electron chi connectivity index (χ0n) is 11.5. The first kappa shape index (κ1) is 13.2. The van der Waals surface area contributed by atoms with E-state index in [9.17, 15) is 4.79 Å². The van der Waals surface area contributed by atoms with E-state index in [1.807, 2.05) is 18.2 Å². The number of rotatable bonds is 5. The highest BCUT2D eigenvalue weighted by Gasteiger charge is 2.32. The van der Waals surface area contributed by atoms with Crippen molar-refractivity contribution in [1.82, 2.24) is 0 Å². The second kappa shape index (κ2) is 5.29. The van der Waals surface area contributed by atoms with Gasteiger partial charge in [-0.05, 0) is 24.3 Å². The van der Waals surface area contributed by atoms with Gasteiger partial charge in [-0.3, -0.25) is 4.79 Å². The van der Waals surface area contributed by atoms with Gasteiger partial charge in [0.25, 0.3) is 0 Å². The lowest BCUT2D eigenvalue weighted by Gasteiger charge is -2.07. The number of Topliss-reactive ketones (excluding diaryl/α,β-unsaturated/α-hetero) is 1. The number of hydrogen-bond donors (Lipinski definition) is 2. The van der Waals surface area contributed by atoms with Crippen LogP contribution in [-0.4, -0.2) is 5.78 Å². The Balaban J connectivity index is 1.85. The summed E-state index contributed by atoms with van der Waals surface area (Å²) in [4.78, 5) is 12.3. The molecule has 0 amide bonds. The number of anilines is 2. The van der Waals surface area contributed by atoms with E-state index >= 15 is 0 Å². The zero-order chi connectivity index (χ0) is 14.1. The Morgan fingerprint density at radius 3 is 2.65 bits per heavy atom. The van der Waals surface area contributed by atoms with Gasteiger partial charge >= 0.3 is 0 Å². The van der Waals surface area contributed by atoms with Crippen LogP contribution in [0.15, 0.2) is 30.3 Å². The summed E-state index contributed by atoms with van der Waals surface area (Å²) in [6, 6.07) is 10.3. The molecule has 104 valence electrons. The summed E-state index contributed by atoms with van der Waals surface area (Å²) < 4.78 is 0. The largest absolute Gasteiger partial charge is 0.397 e. The van der Waals surface area contributed by atoms with Crippen LogP contribution in [0.3, 0.4) is 0 Å². The predicted octanol–water partition coefficient (Wildman–Crippen LogP) is 4.02. The van der Waals surface area contributed by atoms with E-state index in [1.165, 1.54) is 29.7 Å². The molecule has 1 aliphatic carbocycles. The molecule has 0 unspecified atom stereocenters. The minimum absolute atomic E-state index is 0.0576. The number of nitrogen functional groups attached to an aromatic ring is 1. The molecule has 0 bridgehead atoms. The maximum Gasteiger partial charge on any atom is 0.171 e. The lowest BCUT2D eigenvalue weighted by molar-refractivity contribution is 0.102. The van der Waals surface area contributed by atoms with Gasteiger partial charge in [0, 0.05) is 19.0 Å². The summed E-state index contributed by atoms with van der Waals surface area (Å²) in [5.74, 6) is 0.597. The number of ketones is 1. The minimum Gasteiger partial charge on any atom is -0.397 e. The molecular weight excluding hydrogens is 268 g/mol. The smallest absolute Gasteiger partial charge is 0.171 e. The van der Waals surface area contributed by atoms with Crippen molar-refractivity contribution < 1.29 is 4.79 Å². The summed E-state index contributed by atoms with van der Waals surface area (Å²) in [7, 11) is 0. The SMILES string of the molecule is CC(=O)c1sc(NCc2ccccc2)c(C2CC2)c1N. The summed E-state index contributed by atoms with van der Waals surface area (Å²) in [6.07, 6.45) is 2.36. The average molecular weight is 286 g/mol. The monoisotopic (exact) mass is 286 g/mol. The molecule has 1 heterocycles. The predicted molar refractivity (Wildman–Crippen MR) is 84.5 cm³/mol. The van der Waals surface area contributed by atoms with Crippen molar-refractivity contribution in [1.29, 1.82) is 0 Å². The standard InChI is InChI=1S/C16H18N2OS/c1-10(19)15-14(17)13(12-7-8-12)16(20-15)18-9-11-5-3-2-4-6-11/h2-6,12,18H,7-9,17H2,1H3. The van der Waals surface area contributed by atoms with Crippen molar-refractivity contribution in [2.45, 2.75) is 32.2 Å². The van der Waals surface area contributed by atoms with E-state index < -0.39 is 0 Å². The highest BCUT2D eigenvalue weighted by molar-refractivity contribution is 7.18. The Morgan fingerprint density at radius 1 is 1.35 bits per heavy atom. The Kier molecular flexibility index (Phi) is 3.49. The topological polar surface area (TPSA) is 55.1 Å². The Morgan fingerprint density at radius 2 is 2.05 bits per heavy atom. The van der Waals surface area contributed by atoms with Gasteiger partial charge in [0.15, 0.2) is 5.78 Å². The maximum absolute atomic E-state index is 11.7. The van der Waals surface area contributed by atoms with Gasteiger partial charge in [0.1, 0.15) is 0 Å². The third kappa shape index (κ3) is 2.56. The van der Waals surface area contributed by atoms with Crippen molar-refractivity contribution in [3.05, 3.63) is 46.3 Å². The molecule has 3 rings (SSSR count). The number of carbonyl (C=O) groups is 1. The van der Waals surface area contributed by atoms with Gasteiger partial charge in [-0.1, -0.05) is 30.3 Å². The van der Waals surface area contributed by atoms with Crippen LogP contribution in [0.5, 0.6) is 0 Å². The first-order valence-corrected chi connectivity index (χ1v) is 7.69. The van der Waals surface area contributed by atoms with Crippen LogP contribution < -0.4 is 11.1 Å². The van der Waals surface area contributed by atoms with E-state index in [2.05, 4.69) is 17.4 Å². The molecule has 3 N–H and O–H groups in total. The number of benzene rings is 1. The average Bonchev–Trinajstić information content (AvgIpc) is 3.21. The van der Waals surface area contributed by atoms with Gasteiger partial charge < -0.3 is 11.1 Å². The Labute approximate surface area is 122 Å². The first-order valence-electron chi connectivity index (χ1n) is 6.87. The molecule has 0 atom stereocenters. The van der Waals surface area contributed by atoms with Crippen molar-refractivity contribution in [2.24, 2.45) is 0 Å². The van der Waals surface area contributed by atoms with Crippen LogP contribution in [0.2, 0.25) is 0 Å². The van der Waals surface area contributed by atoms with Gasteiger partial charge in [0.2, 0.25) is 0 Å². The highest BCUT2D eigenvalue weighted by Crippen LogP contribution is 2.50. The van der Waals surface area contributed by atoms with Crippen LogP contribution in [0.25, 0.3) is 0 Å². The van der Waals surface area contributed by atoms with E-state index in [4.69, 9.17) is 5.73 Å². The first-order chi connectivity index (χ1) is 9.66. The highest BCUT2D eigenvalue weighted by atomic mass is 32.1. The van der Waals surface area contributed by atoms with Crippen molar-refractivity contribution in [3.63, 3.8) is 0 Å². The fourth-order valence-corrected chi connectivity index (χ4v) is 3.50. The molecule has 1 saturated carbocycles. The second-order valence-electron chi connectivity index (χ2n) is 5.26. The van der Waals surface area contributed by atoms with Crippen LogP contribution in [0.4, 0.5) is 10.7 Å². The molecule has 0 radical (unpaired) electrons. The molecule has 4 heteroatoms. The summed E-state index contributed by atoms with van der Waals surface area (Å²) in [5, 5.41) is 4.52. The van der Waals surface area contributed by atoms with Crippen LogP contribution in [-0.2, 0) is 6.54 Å². The Hall–Kier alpha value is -1.81.